The van der Waals surface area contributed by atoms with Crippen LogP contribution in [0.1, 0.15) is 19.8 Å². The Bertz CT molecular complexity index is 443. The Balaban J connectivity index is 2.71. The largest absolute Gasteiger partial charge is 0.508 e. The summed E-state index contributed by atoms with van der Waals surface area (Å²) in [4.78, 5) is 26.6. The second-order valence-electron chi connectivity index (χ2n) is 4.46. The van der Waals surface area contributed by atoms with Crippen LogP contribution < -0.4 is 4.90 Å². The number of aromatic hydroxyl groups is 1. The number of carbonyl (C=O) groups excluding carboxylic acids is 2. The Morgan fingerprint density at radius 1 is 1.11 bits per heavy atom. The van der Waals surface area contributed by atoms with Crippen LogP contribution in [0, 0.1) is 0 Å². The molecular weight excluding hydrogens is 244 g/mol. The maximum atomic E-state index is 12.0. The average molecular weight is 264 g/mol. The highest BCUT2D eigenvalue weighted by Crippen LogP contribution is 2.17. The zero-order chi connectivity index (χ0) is 14.4. The van der Waals surface area contributed by atoms with Crippen LogP contribution >= 0.6 is 0 Å². The van der Waals surface area contributed by atoms with Crippen LogP contribution in [0.25, 0.3) is 0 Å². The Morgan fingerprint density at radius 3 is 2.21 bits per heavy atom. The number of phenolic OH excluding ortho intramolecular Hbond substituents is 1. The van der Waals surface area contributed by atoms with Gasteiger partial charge in [0, 0.05) is 26.3 Å². The van der Waals surface area contributed by atoms with Gasteiger partial charge in [-0.05, 0) is 30.7 Å². The summed E-state index contributed by atoms with van der Waals surface area (Å²) < 4.78 is 0. The van der Waals surface area contributed by atoms with Crippen LogP contribution in [0.2, 0.25) is 0 Å². The number of likely N-dealkylation sites (N-methyl/N-ethyl adjacent to an activating group) is 2. The minimum Gasteiger partial charge on any atom is -0.508 e. The van der Waals surface area contributed by atoms with Crippen LogP contribution in [-0.2, 0) is 9.59 Å². The summed E-state index contributed by atoms with van der Waals surface area (Å²) in [7, 11) is 3.17. The molecule has 1 rings (SSSR count). The van der Waals surface area contributed by atoms with Crippen molar-refractivity contribution in [3.8, 4) is 5.75 Å². The molecule has 0 bridgehead atoms. The highest BCUT2D eigenvalue weighted by molar-refractivity contribution is 6.40. The first-order chi connectivity index (χ1) is 8.97. The first kappa shape index (κ1) is 15.0. The summed E-state index contributed by atoms with van der Waals surface area (Å²) in [5.74, 6) is -0.982. The van der Waals surface area contributed by atoms with Crippen molar-refractivity contribution in [1.82, 2.24) is 4.90 Å². The highest BCUT2D eigenvalue weighted by Gasteiger charge is 2.23. The van der Waals surface area contributed by atoms with Crippen molar-refractivity contribution in [3.05, 3.63) is 24.3 Å². The van der Waals surface area contributed by atoms with Gasteiger partial charge in [-0.25, -0.2) is 0 Å². The van der Waals surface area contributed by atoms with Gasteiger partial charge < -0.3 is 14.9 Å². The summed E-state index contributed by atoms with van der Waals surface area (Å²) in [6.45, 7) is 2.60. The van der Waals surface area contributed by atoms with Crippen molar-refractivity contribution in [1.29, 1.82) is 0 Å². The third-order valence-electron chi connectivity index (χ3n) is 2.92. The van der Waals surface area contributed by atoms with Gasteiger partial charge in [-0.3, -0.25) is 9.59 Å². The summed E-state index contributed by atoms with van der Waals surface area (Å²) in [6, 6.07) is 6.13. The standard InChI is InChI=1S/C14H20N2O3/c1-4-5-10-15(2)13(18)14(19)16(3)11-6-8-12(17)9-7-11/h6-9,17H,4-5,10H2,1-3H3. The lowest BCUT2D eigenvalue weighted by Gasteiger charge is -2.21. The van der Waals surface area contributed by atoms with Gasteiger partial charge in [-0.2, -0.15) is 0 Å². The zero-order valence-corrected chi connectivity index (χ0v) is 11.6. The van der Waals surface area contributed by atoms with Crippen molar-refractivity contribution in [2.24, 2.45) is 0 Å². The lowest BCUT2D eigenvalue weighted by Crippen LogP contribution is -2.42. The number of hydrogen-bond acceptors (Lipinski definition) is 3. The number of hydrogen-bond donors (Lipinski definition) is 1. The molecule has 0 heterocycles. The number of amides is 2. The molecule has 0 saturated carbocycles. The maximum Gasteiger partial charge on any atom is 0.316 e. The van der Waals surface area contributed by atoms with Crippen molar-refractivity contribution in [3.63, 3.8) is 0 Å². The van der Waals surface area contributed by atoms with Gasteiger partial charge in [0.15, 0.2) is 0 Å². The summed E-state index contributed by atoms with van der Waals surface area (Å²) >= 11 is 0. The molecule has 104 valence electrons. The van der Waals surface area contributed by atoms with Crippen LogP contribution in [0.3, 0.4) is 0 Å². The lowest BCUT2D eigenvalue weighted by molar-refractivity contribution is -0.143. The number of carbonyl (C=O) groups is 2. The molecule has 0 spiro atoms. The molecule has 2 amide bonds. The number of anilines is 1. The average Bonchev–Trinajstić information content (AvgIpc) is 2.43. The fourth-order valence-electron chi connectivity index (χ4n) is 1.60. The van der Waals surface area contributed by atoms with Gasteiger partial charge in [0.2, 0.25) is 0 Å². The molecule has 0 atom stereocenters. The topological polar surface area (TPSA) is 60.9 Å². The quantitative estimate of drug-likeness (QED) is 0.840. The molecule has 0 aromatic heterocycles. The predicted molar refractivity (Wildman–Crippen MR) is 74.1 cm³/mol. The van der Waals surface area contributed by atoms with E-state index in [9.17, 15) is 14.7 Å². The van der Waals surface area contributed by atoms with Crippen LogP contribution in [0.5, 0.6) is 5.75 Å². The third kappa shape index (κ3) is 3.98. The van der Waals surface area contributed by atoms with Crippen molar-refractivity contribution in [2.75, 3.05) is 25.5 Å². The van der Waals surface area contributed by atoms with E-state index < -0.39 is 11.8 Å². The maximum absolute atomic E-state index is 12.0. The SMILES string of the molecule is CCCCN(C)C(=O)C(=O)N(C)c1ccc(O)cc1. The molecule has 0 aliphatic rings. The highest BCUT2D eigenvalue weighted by atomic mass is 16.3. The van der Waals surface area contributed by atoms with E-state index >= 15 is 0 Å². The number of benzene rings is 1. The van der Waals surface area contributed by atoms with Gasteiger partial charge >= 0.3 is 11.8 Å². The predicted octanol–water partition coefficient (Wildman–Crippen LogP) is 1.61. The second kappa shape index (κ2) is 6.78. The van der Waals surface area contributed by atoms with Crippen molar-refractivity contribution in [2.45, 2.75) is 19.8 Å². The summed E-state index contributed by atoms with van der Waals surface area (Å²) in [5, 5.41) is 9.19. The molecular formula is C14H20N2O3. The van der Waals surface area contributed by atoms with E-state index in [0.29, 0.717) is 12.2 Å². The molecule has 5 heteroatoms. The van der Waals surface area contributed by atoms with Crippen LogP contribution in [-0.4, -0.2) is 42.5 Å². The molecule has 0 saturated heterocycles. The molecule has 0 unspecified atom stereocenters. The Morgan fingerprint density at radius 2 is 1.68 bits per heavy atom. The second-order valence-corrected chi connectivity index (χ2v) is 4.46. The number of unbranched alkanes of at least 4 members (excludes halogenated alkanes) is 1. The Labute approximate surface area is 113 Å². The smallest absolute Gasteiger partial charge is 0.316 e. The molecule has 5 nitrogen and oxygen atoms in total. The Kier molecular flexibility index (Phi) is 5.36. The minimum atomic E-state index is -0.579. The minimum absolute atomic E-state index is 0.121. The van der Waals surface area contributed by atoms with Crippen molar-refractivity contribution >= 4 is 17.5 Å². The molecule has 0 radical (unpaired) electrons. The van der Waals surface area contributed by atoms with Crippen LogP contribution in [0.4, 0.5) is 5.69 Å². The van der Waals surface area contributed by atoms with E-state index in [1.54, 1.807) is 26.2 Å². The molecule has 0 aliphatic heterocycles. The molecule has 0 aliphatic carbocycles. The molecule has 0 fully saturated rings. The first-order valence-corrected chi connectivity index (χ1v) is 6.29. The van der Waals surface area contributed by atoms with E-state index in [0.717, 1.165) is 12.8 Å². The summed E-state index contributed by atoms with van der Waals surface area (Å²) in [5.41, 5.74) is 0.569. The van der Waals surface area contributed by atoms with E-state index in [-0.39, 0.29) is 5.75 Å². The fourth-order valence-corrected chi connectivity index (χ4v) is 1.60. The van der Waals surface area contributed by atoms with Crippen molar-refractivity contribution < 1.29 is 14.7 Å². The normalized spacial score (nSPS) is 10.1. The third-order valence-corrected chi connectivity index (χ3v) is 2.92. The number of rotatable bonds is 4. The van der Waals surface area contributed by atoms with E-state index in [4.69, 9.17) is 0 Å². The van der Waals surface area contributed by atoms with Gasteiger partial charge in [0.25, 0.3) is 0 Å². The molecule has 1 N–H and O–H groups in total. The fraction of sp³-hybridized carbons (Fsp3) is 0.429. The lowest BCUT2D eigenvalue weighted by atomic mass is 10.2. The van der Waals surface area contributed by atoms with Gasteiger partial charge in [-0.1, -0.05) is 13.3 Å². The van der Waals surface area contributed by atoms with E-state index in [1.807, 2.05) is 6.92 Å². The van der Waals surface area contributed by atoms with Gasteiger partial charge in [0.05, 0.1) is 0 Å². The Hall–Kier alpha value is -2.04. The first-order valence-electron chi connectivity index (χ1n) is 6.29. The number of nitrogens with zero attached hydrogens (tertiary/aromatic N) is 2. The summed E-state index contributed by atoms with van der Waals surface area (Å²) in [6.07, 6.45) is 1.85. The van der Waals surface area contributed by atoms with Crippen LogP contribution in [0.15, 0.2) is 24.3 Å². The number of phenols is 1. The van der Waals surface area contributed by atoms with Gasteiger partial charge in [-0.15, -0.1) is 0 Å². The van der Waals surface area contributed by atoms with E-state index in [1.165, 1.54) is 21.9 Å². The van der Waals surface area contributed by atoms with Gasteiger partial charge in [0.1, 0.15) is 5.75 Å². The molecule has 1 aromatic rings. The molecule has 1 aromatic carbocycles. The molecule has 19 heavy (non-hydrogen) atoms. The monoisotopic (exact) mass is 264 g/mol. The van der Waals surface area contributed by atoms with E-state index in [2.05, 4.69) is 0 Å². The zero-order valence-electron chi connectivity index (χ0n) is 11.6.